The van der Waals surface area contributed by atoms with Crippen molar-refractivity contribution in [2.24, 2.45) is 5.41 Å². The van der Waals surface area contributed by atoms with E-state index in [-0.39, 0.29) is 17.9 Å². The van der Waals surface area contributed by atoms with Crippen LogP contribution in [0.15, 0.2) is 22.8 Å². The van der Waals surface area contributed by atoms with Gasteiger partial charge in [-0.15, -0.1) is 0 Å². The summed E-state index contributed by atoms with van der Waals surface area (Å²) in [6, 6.07) is 3.67. The zero-order chi connectivity index (χ0) is 12.9. The second-order valence-electron chi connectivity index (χ2n) is 5.52. The monoisotopic (exact) mass is 239 g/mol. The second-order valence-corrected chi connectivity index (χ2v) is 5.52. The molecular formula is C13H21NO3. The fourth-order valence-corrected chi connectivity index (χ4v) is 1.82. The van der Waals surface area contributed by atoms with Crippen molar-refractivity contribution in [3.63, 3.8) is 0 Å². The molecule has 1 atom stereocenters. The Bertz CT molecular complexity index is 338. The molecule has 1 rings (SSSR count). The van der Waals surface area contributed by atoms with Crippen molar-refractivity contribution in [2.75, 3.05) is 0 Å². The lowest BCUT2D eigenvalue weighted by molar-refractivity contribution is -0.137. The summed E-state index contributed by atoms with van der Waals surface area (Å²) in [5, 5.41) is 12.1. The Morgan fingerprint density at radius 1 is 1.53 bits per heavy atom. The third kappa shape index (κ3) is 6.12. The van der Waals surface area contributed by atoms with Crippen LogP contribution in [0.3, 0.4) is 0 Å². The van der Waals surface area contributed by atoms with E-state index in [0.29, 0.717) is 6.54 Å². The Balaban J connectivity index is 2.48. The second kappa shape index (κ2) is 5.87. The maximum absolute atomic E-state index is 10.8. The quantitative estimate of drug-likeness (QED) is 0.801. The highest BCUT2D eigenvalue weighted by Crippen LogP contribution is 2.22. The van der Waals surface area contributed by atoms with Gasteiger partial charge in [-0.05, 0) is 24.0 Å². The van der Waals surface area contributed by atoms with E-state index in [1.807, 2.05) is 12.1 Å². The summed E-state index contributed by atoms with van der Waals surface area (Å²) in [7, 11) is 0. The van der Waals surface area contributed by atoms with Crippen LogP contribution in [-0.2, 0) is 11.3 Å². The zero-order valence-corrected chi connectivity index (χ0v) is 10.7. The molecule has 0 bridgehead atoms. The van der Waals surface area contributed by atoms with Gasteiger partial charge in [0.15, 0.2) is 0 Å². The molecule has 0 saturated heterocycles. The van der Waals surface area contributed by atoms with Crippen molar-refractivity contribution < 1.29 is 14.3 Å². The topological polar surface area (TPSA) is 62.5 Å². The number of nitrogens with one attached hydrogen (secondary N) is 1. The predicted octanol–water partition coefficient (Wildman–Crippen LogP) is 2.65. The number of aliphatic carboxylic acids is 1. The van der Waals surface area contributed by atoms with Gasteiger partial charge in [0.2, 0.25) is 0 Å². The van der Waals surface area contributed by atoms with Crippen molar-refractivity contribution >= 4 is 5.97 Å². The lowest BCUT2D eigenvalue weighted by atomic mass is 9.87. The number of hydrogen-bond donors (Lipinski definition) is 2. The van der Waals surface area contributed by atoms with Gasteiger partial charge >= 0.3 is 5.97 Å². The summed E-state index contributed by atoms with van der Waals surface area (Å²) in [4.78, 5) is 10.8. The van der Waals surface area contributed by atoms with Crippen LogP contribution >= 0.6 is 0 Å². The van der Waals surface area contributed by atoms with E-state index in [2.05, 4.69) is 26.1 Å². The Morgan fingerprint density at radius 3 is 2.71 bits per heavy atom. The van der Waals surface area contributed by atoms with E-state index in [1.54, 1.807) is 6.26 Å². The molecule has 0 aliphatic carbocycles. The first-order chi connectivity index (χ1) is 7.87. The van der Waals surface area contributed by atoms with Crippen LogP contribution in [0.25, 0.3) is 0 Å². The van der Waals surface area contributed by atoms with Crippen molar-refractivity contribution in [2.45, 2.75) is 46.2 Å². The average Bonchev–Trinajstić information content (AvgIpc) is 2.62. The van der Waals surface area contributed by atoms with Crippen LogP contribution in [0, 0.1) is 5.41 Å². The molecule has 2 N–H and O–H groups in total. The standard InChI is InChI=1S/C13H21NO3/c1-13(2,3)8-10(7-12(15)16)14-9-11-5-4-6-17-11/h4-6,10,14H,7-9H2,1-3H3,(H,15,16). The normalized spacial score (nSPS) is 13.6. The molecule has 4 nitrogen and oxygen atoms in total. The van der Waals surface area contributed by atoms with E-state index in [4.69, 9.17) is 9.52 Å². The van der Waals surface area contributed by atoms with Gasteiger partial charge in [0.25, 0.3) is 0 Å². The summed E-state index contributed by atoms with van der Waals surface area (Å²) >= 11 is 0. The third-order valence-electron chi connectivity index (χ3n) is 2.42. The molecule has 0 aliphatic rings. The number of carbonyl (C=O) groups is 1. The highest BCUT2D eigenvalue weighted by Gasteiger charge is 2.20. The largest absolute Gasteiger partial charge is 0.481 e. The summed E-state index contributed by atoms with van der Waals surface area (Å²) in [6.45, 7) is 6.89. The van der Waals surface area contributed by atoms with Crippen LogP contribution in [0.5, 0.6) is 0 Å². The molecular weight excluding hydrogens is 218 g/mol. The molecule has 4 heteroatoms. The Hall–Kier alpha value is -1.29. The van der Waals surface area contributed by atoms with Gasteiger partial charge in [-0.2, -0.15) is 0 Å². The van der Waals surface area contributed by atoms with Gasteiger partial charge in [-0.3, -0.25) is 4.79 Å². The van der Waals surface area contributed by atoms with Crippen LogP contribution in [0.2, 0.25) is 0 Å². The van der Waals surface area contributed by atoms with Gasteiger partial charge < -0.3 is 14.8 Å². The number of hydrogen-bond acceptors (Lipinski definition) is 3. The van der Waals surface area contributed by atoms with Crippen molar-refractivity contribution in [3.8, 4) is 0 Å². The summed E-state index contributed by atoms with van der Waals surface area (Å²) in [5.74, 6) is 0.0560. The maximum atomic E-state index is 10.8. The first kappa shape index (κ1) is 13.8. The highest BCUT2D eigenvalue weighted by molar-refractivity contribution is 5.67. The number of carboxylic acids is 1. The first-order valence-corrected chi connectivity index (χ1v) is 5.84. The SMILES string of the molecule is CC(C)(C)CC(CC(=O)O)NCc1ccco1. The molecule has 1 aromatic heterocycles. The van der Waals surface area contributed by atoms with E-state index in [0.717, 1.165) is 12.2 Å². The van der Waals surface area contributed by atoms with E-state index < -0.39 is 5.97 Å². The lowest BCUT2D eigenvalue weighted by Crippen LogP contribution is -2.34. The molecule has 0 aliphatic heterocycles. The minimum Gasteiger partial charge on any atom is -0.481 e. The zero-order valence-electron chi connectivity index (χ0n) is 10.7. The van der Waals surface area contributed by atoms with Gasteiger partial charge in [-0.25, -0.2) is 0 Å². The van der Waals surface area contributed by atoms with Gasteiger partial charge in [0.1, 0.15) is 5.76 Å². The van der Waals surface area contributed by atoms with Crippen LogP contribution in [0.4, 0.5) is 0 Å². The lowest BCUT2D eigenvalue weighted by Gasteiger charge is -2.25. The summed E-state index contributed by atoms with van der Waals surface area (Å²) in [6.07, 6.45) is 2.57. The van der Waals surface area contributed by atoms with Crippen molar-refractivity contribution in [3.05, 3.63) is 24.2 Å². The van der Waals surface area contributed by atoms with E-state index >= 15 is 0 Å². The number of carboxylic acid groups (broad SMARTS) is 1. The molecule has 1 aromatic rings. The molecule has 1 heterocycles. The fraction of sp³-hybridized carbons (Fsp3) is 0.615. The Kier molecular flexibility index (Phi) is 4.75. The minimum atomic E-state index is -0.772. The fourth-order valence-electron chi connectivity index (χ4n) is 1.82. The van der Waals surface area contributed by atoms with Gasteiger partial charge in [-0.1, -0.05) is 20.8 Å². The van der Waals surface area contributed by atoms with Gasteiger partial charge in [0.05, 0.1) is 19.2 Å². The van der Waals surface area contributed by atoms with Crippen molar-refractivity contribution in [1.82, 2.24) is 5.32 Å². The average molecular weight is 239 g/mol. The number of furan rings is 1. The molecule has 0 fully saturated rings. The minimum absolute atomic E-state index is 0.0300. The summed E-state index contributed by atoms with van der Waals surface area (Å²) in [5.41, 5.74) is 0.107. The van der Waals surface area contributed by atoms with Crippen LogP contribution in [0.1, 0.15) is 39.4 Å². The molecule has 0 saturated carbocycles. The maximum Gasteiger partial charge on any atom is 0.304 e. The van der Waals surface area contributed by atoms with Gasteiger partial charge in [0, 0.05) is 6.04 Å². The summed E-state index contributed by atoms with van der Waals surface area (Å²) < 4.78 is 5.21. The van der Waals surface area contributed by atoms with Crippen molar-refractivity contribution in [1.29, 1.82) is 0 Å². The van der Waals surface area contributed by atoms with Crippen LogP contribution < -0.4 is 5.32 Å². The molecule has 0 aromatic carbocycles. The van der Waals surface area contributed by atoms with E-state index in [1.165, 1.54) is 0 Å². The first-order valence-electron chi connectivity index (χ1n) is 5.84. The molecule has 0 radical (unpaired) electrons. The predicted molar refractivity (Wildman–Crippen MR) is 65.7 cm³/mol. The Morgan fingerprint density at radius 2 is 2.24 bits per heavy atom. The molecule has 1 unspecified atom stereocenters. The number of rotatable bonds is 6. The Labute approximate surface area is 102 Å². The third-order valence-corrected chi connectivity index (χ3v) is 2.42. The molecule has 0 spiro atoms. The molecule has 96 valence electrons. The molecule has 0 amide bonds. The van der Waals surface area contributed by atoms with Crippen LogP contribution in [-0.4, -0.2) is 17.1 Å². The highest BCUT2D eigenvalue weighted by atomic mass is 16.4. The molecule has 17 heavy (non-hydrogen) atoms. The smallest absolute Gasteiger partial charge is 0.304 e. The van der Waals surface area contributed by atoms with E-state index in [9.17, 15) is 4.79 Å².